The van der Waals surface area contributed by atoms with E-state index in [-0.39, 0.29) is 19.4 Å². The van der Waals surface area contributed by atoms with E-state index in [1.54, 1.807) is 18.3 Å². The van der Waals surface area contributed by atoms with E-state index in [0.29, 0.717) is 52.0 Å². The molecule has 5 aliphatic heterocycles. The number of nitrogens with one attached hydrogen (secondary N) is 1. The molecule has 9 rings (SSSR count). The van der Waals surface area contributed by atoms with Crippen LogP contribution in [0.1, 0.15) is 82.6 Å². The number of amides is 4. The molecule has 65 heavy (non-hydrogen) atoms. The van der Waals surface area contributed by atoms with Gasteiger partial charge < -0.3 is 19.3 Å². The maximum absolute atomic E-state index is 13.3. The van der Waals surface area contributed by atoms with Gasteiger partial charge >= 0.3 is 0 Å². The zero-order chi connectivity index (χ0) is 45.4. The van der Waals surface area contributed by atoms with Crippen molar-refractivity contribution in [2.24, 2.45) is 0 Å². The van der Waals surface area contributed by atoms with Crippen molar-refractivity contribution in [3.05, 3.63) is 105 Å². The van der Waals surface area contributed by atoms with E-state index in [0.717, 1.165) is 104 Å². The van der Waals surface area contributed by atoms with Gasteiger partial charge in [-0.3, -0.25) is 39.2 Å². The number of nitriles is 1. The first-order valence-electron chi connectivity index (χ1n) is 22.2. The Bertz CT molecular complexity index is 2530. The molecule has 17 heteroatoms. The van der Waals surface area contributed by atoms with Crippen LogP contribution in [0.4, 0.5) is 11.6 Å². The monoisotopic (exact) mass is 919 g/mol. The van der Waals surface area contributed by atoms with Gasteiger partial charge in [-0.05, 0) is 78.9 Å². The highest BCUT2D eigenvalue weighted by molar-refractivity contribution is 6.32. The molecule has 0 bridgehead atoms. The Morgan fingerprint density at radius 3 is 2.22 bits per heavy atom. The number of piperazine rings is 1. The van der Waals surface area contributed by atoms with Crippen molar-refractivity contribution in [1.82, 2.24) is 30.0 Å². The van der Waals surface area contributed by atoms with Crippen molar-refractivity contribution in [2.45, 2.75) is 69.7 Å². The minimum atomic E-state index is -0.971. The van der Waals surface area contributed by atoms with Crippen LogP contribution in [-0.2, 0) is 21.6 Å². The second-order valence-electron chi connectivity index (χ2n) is 17.8. The molecule has 0 spiro atoms. The number of hydrogen-bond donors (Lipinski definition) is 1. The molecule has 4 saturated heterocycles. The lowest BCUT2D eigenvalue weighted by atomic mass is 9.77. The summed E-state index contributed by atoms with van der Waals surface area (Å²) in [6, 6.07) is 21.0. The van der Waals surface area contributed by atoms with Gasteiger partial charge in [-0.2, -0.15) is 5.26 Å². The molecule has 5 aliphatic rings. The number of fused-ring (bicyclic) bond motifs is 1. The van der Waals surface area contributed by atoms with Crippen molar-refractivity contribution in [3.63, 3.8) is 0 Å². The molecule has 0 aliphatic carbocycles. The Morgan fingerprint density at radius 1 is 0.815 bits per heavy atom. The molecule has 4 aromatic rings. The summed E-state index contributed by atoms with van der Waals surface area (Å²) >= 11 is 12.3. The zero-order valence-electron chi connectivity index (χ0n) is 36.5. The van der Waals surface area contributed by atoms with Crippen LogP contribution in [0.25, 0.3) is 0 Å². The van der Waals surface area contributed by atoms with Crippen LogP contribution in [0, 0.1) is 11.3 Å². The van der Waals surface area contributed by atoms with Crippen molar-refractivity contribution in [2.75, 3.05) is 74.6 Å². The van der Waals surface area contributed by atoms with Gasteiger partial charge in [0.25, 0.3) is 11.8 Å². The zero-order valence-corrected chi connectivity index (χ0v) is 38.0. The van der Waals surface area contributed by atoms with Gasteiger partial charge in [0.15, 0.2) is 5.75 Å². The topological polar surface area (TPSA) is 165 Å². The fourth-order valence-electron chi connectivity index (χ4n) is 9.69. The van der Waals surface area contributed by atoms with Crippen molar-refractivity contribution in [1.29, 1.82) is 5.26 Å². The maximum Gasteiger partial charge on any atom is 0.262 e. The second-order valence-corrected chi connectivity index (χ2v) is 18.6. The molecule has 4 fully saturated rings. The summed E-state index contributed by atoms with van der Waals surface area (Å²) in [5.74, 6) is 0.127. The number of carbonyl (C=O) groups is 4. The highest BCUT2D eigenvalue weighted by Gasteiger charge is 2.45. The van der Waals surface area contributed by atoms with Crippen LogP contribution in [0.2, 0.25) is 5.02 Å². The predicted molar refractivity (Wildman–Crippen MR) is 245 cm³/mol. The van der Waals surface area contributed by atoms with Crippen LogP contribution in [0.5, 0.6) is 11.5 Å². The number of imide groups is 2. The number of carbonyl (C=O) groups excluding carboxylic acids is 4. The summed E-state index contributed by atoms with van der Waals surface area (Å²) in [5.41, 5.74) is 4.16. The van der Waals surface area contributed by atoms with E-state index in [4.69, 9.17) is 37.7 Å². The molecule has 3 aromatic carbocycles. The molecular formula is C48H51Cl2N9O6. The summed E-state index contributed by atoms with van der Waals surface area (Å²) in [7, 11) is 0. The molecular weight excluding hydrogens is 869 g/mol. The molecule has 0 radical (unpaired) electrons. The average Bonchev–Trinajstić information content (AvgIpc) is 3.55. The van der Waals surface area contributed by atoms with Crippen LogP contribution in [-0.4, -0.2) is 131 Å². The molecule has 1 aromatic heterocycles. The number of nitrogens with zero attached hydrogens (tertiary/aromatic N) is 8. The van der Waals surface area contributed by atoms with Gasteiger partial charge in [0, 0.05) is 88.2 Å². The lowest BCUT2D eigenvalue weighted by molar-refractivity contribution is -0.136. The van der Waals surface area contributed by atoms with E-state index in [1.165, 1.54) is 0 Å². The number of aromatic nitrogens is 2. The van der Waals surface area contributed by atoms with Gasteiger partial charge in [-0.15, -0.1) is 11.6 Å². The molecule has 6 heterocycles. The second kappa shape index (κ2) is 18.6. The minimum Gasteiger partial charge on any atom is -0.489 e. The molecule has 338 valence electrons. The maximum atomic E-state index is 13.3. The number of ether oxygens (including phenoxy) is 2. The van der Waals surface area contributed by atoms with Gasteiger partial charge in [0.05, 0.1) is 33.3 Å². The fraction of sp³-hybridized carbons (Fsp3) is 0.438. The third-order valence-corrected chi connectivity index (χ3v) is 14.1. The number of piperidine rings is 2. The SMILES string of the molecule is CC(C)(c1ccc(OCc2ccnc(N3CCC(N4CCN(C5CN(c6ccc7c(c6)C(=O)N(C6CCC(=O)NC6=O)C7=O)C5)CC4)CC3)n2)cc1)c1cc(Cl)c(OCCCl)c(C#N)c1. The molecule has 0 saturated carbocycles. The van der Waals surface area contributed by atoms with Crippen LogP contribution < -0.4 is 24.6 Å². The molecule has 4 amide bonds. The third-order valence-electron chi connectivity index (χ3n) is 13.7. The van der Waals surface area contributed by atoms with Crippen LogP contribution in [0.15, 0.2) is 66.9 Å². The molecule has 1 atom stereocenters. The van der Waals surface area contributed by atoms with Crippen LogP contribution >= 0.6 is 23.2 Å². The van der Waals surface area contributed by atoms with Crippen molar-refractivity contribution < 1.29 is 28.7 Å². The number of anilines is 2. The number of halogens is 2. The summed E-state index contributed by atoms with van der Waals surface area (Å²) in [6.07, 6.45) is 4.12. The van der Waals surface area contributed by atoms with Gasteiger partial charge in [0.2, 0.25) is 17.8 Å². The Hall–Kier alpha value is -5.79. The Labute approximate surface area is 388 Å². The highest BCUT2D eigenvalue weighted by atomic mass is 35.5. The predicted octanol–water partition coefficient (Wildman–Crippen LogP) is 5.40. The van der Waals surface area contributed by atoms with E-state index < -0.39 is 35.1 Å². The normalized spacial score (nSPS) is 20.1. The van der Waals surface area contributed by atoms with Gasteiger partial charge in [-0.1, -0.05) is 37.6 Å². The highest BCUT2D eigenvalue weighted by Crippen LogP contribution is 2.39. The smallest absolute Gasteiger partial charge is 0.262 e. The van der Waals surface area contributed by atoms with Crippen molar-refractivity contribution in [3.8, 4) is 17.6 Å². The summed E-state index contributed by atoms with van der Waals surface area (Å²) in [5, 5.41) is 12.4. The number of alkyl halides is 1. The number of hydrogen-bond acceptors (Lipinski definition) is 13. The Kier molecular flexibility index (Phi) is 12.7. The van der Waals surface area contributed by atoms with E-state index in [1.807, 2.05) is 48.5 Å². The summed E-state index contributed by atoms with van der Waals surface area (Å²) in [4.78, 5) is 70.8. The molecule has 1 N–H and O–H groups in total. The largest absolute Gasteiger partial charge is 0.489 e. The first kappa shape index (κ1) is 44.4. The lowest BCUT2D eigenvalue weighted by Crippen LogP contribution is -2.64. The standard InChI is InChI=1S/C48H51Cl2N9O6/c1-48(2,32-23-30(26-51)43(40(50)24-32)64-22-14-49)31-3-6-37(7-4-31)65-29-33-11-15-52-47(53-33)57-16-12-34(13-17-57)55-18-20-56(21-19-55)36-27-58(28-36)35-5-8-38-39(25-35)46(63)59(45(38)62)41-9-10-42(60)54-44(41)61/h3-8,11,15,23-25,34,36,41H,9-10,12-14,16-22,27-29H2,1-2H3,(H,54,60,61). The summed E-state index contributed by atoms with van der Waals surface area (Å²) in [6.45, 7) is 12.2. The van der Waals surface area contributed by atoms with Crippen molar-refractivity contribution >= 4 is 58.5 Å². The van der Waals surface area contributed by atoms with E-state index in [2.05, 4.69) is 49.8 Å². The molecule has 1 unspecified atom stereocenters. The first-order chi connectivity index (χ1) is 31.4. The lowest BCUT2D eigenvalue weighted by Gasteiger charge is -2.50. The molecule has 15 nitrogen and oxygen atoms in total. The fourth-order valence-corrected chi connectivity index (χ4v) is 10.0. The minimum absolute atomic E-state index is 0.0931. The quantitative estimate of drug-likeness (QED) is 0.134. The van der Waals surface area contributed by atoms with Gasteiger partial charge in [-0.25, -0.2) is 9.97 Å². The number of rotatable bonds is 13. The van der Waals surface area contributed by atoms with E-state index >= 15 is 0 Å². The van der Waals surface area contributed by atoms with Crippen LogP contribution in [0.3, 0.4) is 0 Å². The van der Waals surface area contributed by atoms with Gasteiger partial charge in [0.1, 0.15) is 31.1 Å². The average molecular weight is 921 g/mol. The Morgan fingerprint density at radius 2 is 1.52 bits per heavy atom. The Balaban J connectivity index is 0.718. The van der Waals surface area contributed by atoms with E-state index in [9.17, 15) is 24.4 Å². The summed E-state index contributed by atoms with van der Waals surface area (Å²) < 4.78 is 11.8. The first-order valence-corrected chi connectivity index (χ1v) is 23.1. The number of benzene rings is 3. The third kappa shape index (κ3) is 8.97.